The average Bonchev–Trinajstić information content (AvgIpc) is 2.71. The first-order valence-corrected chi connectivity index (χ1v) is 7.27. The van der Waals surface area contributed by atoms with Gasteiger partial charge in [0.15, 0.2) is 0 Å². The van der Waals surface area contributed by atoms with Crippen molar-refractivity contribution in [2.24, 2.45) is 5.92 Å². The van der Waals surface area contributed by atoms with Crippen molar-refractivity contribution < 1.29 is 13.9 Å². The summed E-state index contributed by atoms with van der Waals surface area (Å²) < 4.78 is 18.7. The van der Waals surface area contributed by atoms with Crippen LogP contribution in [0.2, 0.25) is 0 Å². The number of benzene rings is 1. The van der Waals surface area contributed by atoms with Crippen molar-refractivity contribution in [3.05, 3.63) is 35.6 Å². The number of methoxy groups -OCH3 is 1. The molecule has 4 heteroatoms. The Bertz CT molecular complexity index is 505. The van der Waals surface area contributed by atoms with E-state index in [1.165, 1.54) is 13.2 Å². The second kappa shape index (κ2) is 5.52. The summed E-state index contributed by atoms with van der Waals surface area (Å²) in [5.74, 6) is -0.327. The fourth-order valence-electron chi connectivity index (χ4n) is 3.77. The summed E-state index contributed by atoms with van der Waals surface area (Å²) in [6, 6.07) is 7.60. The van der Waals surface area contributed by atoms with E-state index in [0.717, 1.165) is 31.2 Å². The molecule has 0 amide bonds. The highest BCUT2D eigenvalue weighted by Gasteiger charge is 2.45. The van der Waals surface area contributed by atoms with Gasteiger partial charge in [0, 0.05) is 24.2 Å². The Morgan fingerprint density at radius 2 is 2.05 bits per heavy atom. The third-order valence-corrected chi connectivity index (χ3v) is 4.78. The average molecular weight is 277 g/mol. The number of fused-ring (bicyclic) bond motifs is 2. The van der Waals surface area contributed by atoms with Crippen molar-refractivity contribution in [3.8, 4) is 0 Å². The molecule has 3 nitrogen and oxygen atoms in total. The molecule has 2 bridgehead atoms. The number of hydrogen-bond donors (Lipinski definition) is 0. The number of esters is 1. The largest absolute Gasteiger partial charge is 0.469 e. The molecule has 1 unspecified atom stereocenters. The van der Waals surface area contributed by atoms with Crippen molar-refractivity contribution in [1.82, 2.24) is 4.90 Å². The van der Waals surface area contributed by atoms with Crippen molar-refractivity contribution in [2.45, 2.75) is 44.3 Å². The van der Waals surface area contributed by atoms with Crippen molar-refractivity contribution >= 4 is 5.97 Å². The van der Waals surface area contributed by atoms with Gasteiger partial charge < -0.3 is 4.74 Å². The highest BCUT2D eigenvalue weighted by Crippen LogP contribution is 2.40. The van der Waals surface area contributed by atoms with Gasteiger partial charge in [-0.3, -0.25) is 9.69 Å². The van der Waals surface area contributed by atoms with Crippen LogP contribution in [0.25, 0.3) is 0 Å². The molecule has 108 valence electrons. The summed E-state index contributed by atoms with van der Waals surface area (Å²) in [7, 11) is 1.45. The molecule has 0 spiro atoms. The molecule has 0 radical (unpaired) electrons. The Balaban J connectivity index is 1.79. The highest BCUT2D eigenvalue weighted by molar-refractivity contribution is 5.73. The minimum atomic E-state index is -0.160. The molecule has 3 atom stereocenters. The number of rotatable bonds is 3. The Labute approximate surface area is 118 Å². The second-order valence-corrected chi connectivity index (χ2v) is 5.77. The van der Waals surface area contributed by atoms with Crippen LogP contribution in [0, 0.1) is 11.7 Å². The predicted octanol–water partition coefficient (Wildman–Crippen LogP) is 2.74. The topological polar surface area (TPSA) is 29.5 Å². The van der Waals surface area contributed by atoms with E-state index in [9.17, 15) is 9.18 Å². The standard InChI is InChI=1S/C16H20FNO2/c1-20-16(19)13-8-6-12-7-9-15(13)18(12)10-11-4-2-3-5-14(11)17/h2-5,12-13,15H,6-10H2,1H3/t12-,13?,15-/m0/s1. The van der Waals surface area contributed by atoms with Gasteiger partial charge in [-0.05, 0) is 31.7 Å². The zero-order valence-electron chi connectivity index (χ0n) is 11.7. The maximum absolute atomic E-state index is 13.8. The van der Waals surface area contributed by atoms with E-state index in [2.05, 4.69) is 4.90 Å². The molecular formula is C16H20FNO2. The lowest BCUT2D eigenvalue weighted by Gasteiger charge is -2.38. The van der Waals surface area contributed by atoms with Crippen LogP contribution in [0.15, 0.2) is 24.3 Å². The van der Waals surface area contributed by atoms with E-state index in [1.807, 2.05) is 12.1 Å². The number of ether oxygens (including phenoxy) is 1. The smallest absolute Gasteiger partial charge is 0.310 e. The van der Waals surface area contributed by atoms with Crippen LogP contribution >= 0.6 is 0 Å². The third-order valence-electron chi connectivity index (χ3n) is 4.78. The minimum Gasteiger partial charge on any atom is -0.469 e. The molecule has 0 saturated carbocycles. The first-order chi connectivity index (χ1) is 9.70. The molecule has 20 heavy (non-hydrogen) atoms. The summed E-state index contributed by atoms with van der Waals surface area (Å²) in [4.78, 5) is 14.2. The predicted molar refractivity (Wildman–Crippen MR) is 73.5 cm³/mol. The molecule has 2 saturated heterocycles. The lowest BCUT2D eigenvalue weighted by atomic mass is 9.90. The lowest BCUT2D eigenvalue weighted by molar-refractivity contribution is -0.149. The van der Waals surface area contributed by atoms with Gasteiger partial charge in [0.2, 0.25) is 0 Å². The molecule has 1 aromatic carbocycles. The number of carbonyl (C=O) groups is 1. The van der Waals surface area contributed by atoms with Crippen LogP contribution in [0.4, 0.5) is 4.39 Å². The molecule has 2 heterocycles. The van der Waals surface area contributed by atoms with Crippen molar-refractivity contribution in [2.75, 3.05) is 7.11 Å². The Hall–Kier alpha value is -1.42. The van der Waals surface area contributed by atoms with E-state index >= 15 is 0 Å². The van der Waals surface area contributed by atoms with Gasteiger partial charge in [0.1, 0.15) is 5.82 Å². The molecule has 2 aliphatic heterocycles. The van der Waals surface area contributed by atoms with Gasteiger partial charge in [0.25, 0.3) is 0 Å². The van der Waals surface area contributed by atoms with Gasteiger partial charge in [-0.25, -0.2) is 4.39 Å². The first-order valence-electron chi connectivity index (χ1n) is 7.27. The van der Waals surface area contributed by atoms with Crippen LogP contribution in [-0.2, 0) is 16.1 Å². The fourth-order valence-corrected chi connectivity index (χ4v) is 3.77. The summed E-state index contributed by atoms with van der Waals surface area (Å²) >= 11 is 0. The second-order valence-electron chi connectivity index (χ2n) is 5.77. The summed E-state index contributed by atoms with van der Waals surface area (Å²) in [5.41, 5.74) is 0.718. The number of hydrogen-bond acceptors (Lipinski definition) is 3. The van der Waals surface area contributed by atoms with Crippen LogP contribution in [0.3, 0.4) is 0 Å². The maximum Gasteiger partial charge on any atom is 0.310 e. The molecule has 2 fully saturated rings. The van der Waals surface area contributed by atoms with Crippen LogP contribution in [-0.4, -0.2) is 30.1 Å². The van der Waals surface area contributed by atoms with E-state index in [4.69, 9.17) is 4.74 Å². The first kappa shape index (κ1) is 13.6. The van der Waals surface area contributed by atoms with Gasteiger partial charge in [-0.1, -0.05) is 18.2 Å². The van der Waals surface area contributed by atoms with Crippen LogP contribution in [0.5, 0.6) is 0 Å². The normalized spacial score (nSPS) is 29.4. The highest BCUT2D eigenvalue weighted by atomic mass is 19.1. The van der Waals surface area contributed by atoms with Gasteiger partial charge in [-0.2, -0.15) is 0 Å². The van der Waals surface area contributed by atoms with Crippen molar-refractivity contribution in [3.63, 3.8) is 0 Å². The Kier molecular flexibility index (Phi) is 3.74. The number of halogens is 1. The Morgan fingerprint density at radius 1 is 1.30 bits per heavy atom. The maximum atomic E-state index is 13.8. The van der Waals surface area contributed by atoms with E-state index < -0.39 is 0 Å². The van der Waals surface area contributed by atoms with Crippen LogP contribution in [0.1, 0.15) is 31.2 Å². The SMILES string of the molecule is COC(=O)C1CC[C@H]2CC[C@@H]1N2Cc1ccccc1F. The molecular weight excluding hydrogens is 257 g/mol. The molecule has 0 aliphatic carbocycles. The number of piperidine rings is 1. The molecule has 0 N–H and O–H groups in total. The summed E-state index contributed by atoms with van der Waals surface area (Å²) in [5, 5.41) is 0. The monoisotopic (exact) mass is 277 g/mol. The molecule has 0 aromatic heterocycles. The number of nitrogens with zero attached hydrogens (tertiary/aromatic N) is 1. The number of carbonyl (C=O) groups excluding carboxylic acids is 1. The van der Waals surface area contributed by atoms with Crippen LogP contribution < -0.4 is 0 Å². The van der Waals surface area contributed by atoms with Crippen molar-refractivity contribution in [1.29, 1.82) is 0 Å². The summed E-state index contributed by atoms with van der Waals surface area (Å²) in [6.45, 7) is 0.593. The van der Waals surface area contributed by atoms with E-state index in [1.54, 1.807) is 6.07 Å². The third kappa shape index (κ3) is 2.33. The molecule has 3 rings (SSSR count). The summed E-state index contributed by atoms with van der Waals surface area (Å²) in [6.07, 6.45) is 4.02. The molecule has 2 aliphatic rings. The quantitative estimate of drug-likeness (QED) is 0.796. The van der Waals surface area contributed by atoms with Gasteiger partial charge >= 0.3 is 5.97 Å². The minimum absolute atomic E-state index is 0.0504. The Morgan fingerprint density at radius 3 is 2.80 bits per heavy atom. The lowest BCUT2D eigenvalue weighted by Crippen LogP contribution is -2.47. The zero-order valence-corrected chi connectivity index (χ0v) is 11.7. The van der Waals surface area contributed by atoms with E-state index in [0.29, 0.717) is 12.6 Å². The van der Waals surface area contributed by atoms with E-state index in [-0.39, 0.29) is 23.7 Å². The van der Waals surface area contributed by atoms with Gasteiger partial charge in [0.05, 0.1) is 13.0 Å². The zero-order chi connectivity index (χ0) is 14.1. The fraction of sp³-hybridized carbons (Fsp3) is 0.562. The molecule has 1 aromatic rings. The van der Waals surface area contributed by atoms with Gasteiger partial charge in [-0.15, -0.1) is 0 Å².